The molecule has 0 N–H and O–H groups in total. The first-order valence-corrected chi connectivity index (χ1v) is 11.2. The quantitative estimate of drug-likeness (QED) is 0.449. The summed E-state index contributed by atoms with van der Waals surface area (Å²) < 4.78 is 1.85. The number of benzene rings is 2. The molecule has 1 atom stereocenters. The third-order valence-corrected chi connectivity index (χ3v) is 6.47. The molecule has 0 unspecified atom stereocenters. The van der Waals surface area contributed by atoms with Gasteiger partial charge in [-0.3, -0.25) is 4.79 Å². The van der Waals surface area contributed by atoms with Crippen molar-refractivity contribution in [1.29, 1.82) is 0 Å². The van der Waals surface area contributed by atoms with Crippen LogP contribution in [-0.2, 0) is 0 Å². The molecule has 1 fully saturated rings. The molecule has 2 aromatic carbocycles. The first-order chi connectivity index (χ1) is 15.4. The maximum Gasteiger partial charge on any atom is 0.254 e. The topological polar surface area (TPSA) is 51.0 Å². The molecule has 0 spiro atoms. The minimum Gasteiger partial charge on any atom is -0.338 e. The molecule has 0 radical (unpaired) electrons. The van der Waals surface area contributed by atoms with Gasteiger partial charge in [-0.2, -0.15) is 5.10 Å². The van der Waals surface area contributed by atoms with E-state index in [0.717, 1.165) is 47.6 Å². The van der Waals surface area contributed by atoms with Crippen molar-refractivity contribution in [2.75, 3.05) is 13.1 Å². The molecular weight excluding hydrogens is 396 g/mol. The molecule has 1 amide bonds. The van der Waals surface area contributed by atoms with Crippen molar-refractivity contribution in [3.63, 3.8) is 0 Å². The second-order valence-corrected chi connectivity index (χ2v) is 8.99. The second kappa shape index (κ2) is 7.90. The predicted molar refractivity (Wildman–Crippen MR) is 128 cm³/mol. The van der Waals surface area contributed by atoms with E-state index in [2.05, 4.69) is 50.2 Å². The lowest BCUT2D eigenvalue weighted by Crippen LogP contribution is -2.29. The normalized spacial score (nSPS) is 16.1. The molecule has 5 heteroatoms. The number of amides is 1. The van der Waals surface area contributed by atoms with E-state index in [-0.39, 0.29) is 5.91 Å². The maximum atomic E-state index is 13.6. The molecule has 0 bridgehead atoms. The van der Waals surface area contributed by atoms with Crippen molar-refractivity contribution in [3.8, 4) is 5.69 Å². The number of pyridine rings is 1. The molecule has 5 rings (SSSR count). The summed E-state index contributed by atoms with van der Waals surface area (Å²) in [5, 5.41) is 5.60. The summed E-state index contributed by atoms with van der Waals surface area (Å²) in [5.41, 5.74) is 7.80. The van der Waals surface area contributed by atoms with Crippen LogP contribution >= 0.6 is 0 Å². The highest BCUT2D eigenvalue weighted by Gasteiger charge is 2.30. The van der Waals surface area contributed by atoms with Crippen LogP contribution < -0.4 is 0 Å². The molecule has 32 heavy (non-hydrogen) atoms. The minimum atomic E-state index is 0.0710. The number of rotatable bonds is 3. The average molecular weight is 425 g/mol. The largest absolute Gasteiger partial charge is 0.338 e. The van der Waals surface area contributed by atoms with Gasteiger partial charge in [-0.1, -0.05) is 47.5 Å². The van der Waals surface area contributed by atoms with Crippen molar-refractivity contribution in [3.05, 3.63) is 88.2 Å². The Morgan fingerprint density at radius 2 is 1.59 bits per heavy atom. The second-order valence-electron chi connectivity index (χ2n) is 8.99. The maximum absolute atomic E-state index is 13.6. The van der Waals surface area contributed by atoms with Crippen LogP contribution in [0.15, 0.2) is 54.6 Å². The van der Waals surface area contributed by atoms with Crippen LogP contribution in [0.5, 0.6) is 0 Å². The van der Waals surface area contributed by atoms with Crippen molar-refractivity contribution < 1.29 is 4.79 Å². The average Bonchev–Trinajstić information content (AvgIpc) is 3.39. The summed E-state index contributed by atoms with van der Waals surface area (Å²) in [5.74, 6) is 0.455. The van der Waals surface area contributed by atoms with Crippen molar-refractivity contribution >= 4 is 16.9 Å². The molecular formula is C27H28N4O. The number of likely N-dealkylation sites (tertiary alicyclic amines) is 1. The number of nitrogens with zero attached hydrogens (tertiary/aromatic N) is 4. The summed E-state index contributed by atoms with van der Waals surface area (Å²) in [4.78, 5) is 20.4. The van der Waals surface area contributed by atoms with E-state index in [9.17, 15) is 4.79 Å². The smallest absolute Gasteiger partial charge is 0.254 e. The lowest BCUT2D eigenvalue weighted by Gasteiger charge is -2.18. The number of aromatic nitrogens is 3. The van der Waals surface area contributed by atoms with Gasteiger partial charge in [0.2, 0.25) is 0 Å². The molecule has 0 aliphatic carbocycles. The molecule has 3 heterocycles. The van der Waals surface area contributed by atoms with Gasteiger partial charge in [-0.25, -0.2) is 9.67 Å². The Balaban J connectivity index is 1.51. The zero-order valence-electron chi connectivity index (χ0n) is 19.1. The summed E-state index contributed by atoms with van der Waals surface area (Å²) in [6.45, 7) is 9.58. The standard InChI is InChI=1S/C27H28N4O/c1-17-5-9-21(10-6-17)22-13-14-30(16-22)27(32)24-15-19(3)28-26-25(24)20(4)29-31(26)23-11-7-18(2)8-12-23/h5-12,15,22H,13-14,16H2,1-4H3/t22-/m1/s1. The summed E-state index contributed by atoms with van der Waals surface area (Å²) in [6.07, 6.45) is 0.990. The lowest BCUT2D eigenvalue weighted by molar-refractivity contribution is 0.0792. The summed E-state index contributed by atoms with van der Waals surface area (Å²) in [7, 11) is 0. The van der Waals surface area contributed by atoms with Gasteiger partial charge in [-0.05, 0) is 57.9 Å². The van der Waals surface area contributed by atoms with Gasteiger partial charge in [0, 0.05) is 24.7 Å². The van der Waals surface area contributed by atoms with Gasteiger partial charge in [0.1, 0.15) is 0 Å². The van der Waals surface area contributed by atoms with Gasteiger partial charge in [0.05, 0.1) is 22.3 Å². The molecule has 1 aliphatic heterocycles. The predicted octanol–water partition coefficient (Wildman–Crippen LogP) is 5.28. The first-order valence-electron chi connectivity index (χ1n) is 11.2. The van der Waals surface area contributed by atoms with E-state index in [0.29, 0.717) is 11.5 Å². The number of hydrogen-bond donors (Lipinski definition) is 0. The third kappa shape index (κ3) is 3.58. The SMILES string of the molecule is Cc1ccc([C@@H]2CCN(C(=O)c3cc(C)nc4c3c(C)nn4-c3ccc(C)cc3)C2)cc1. The zero-order valence-corrected chi connectivity index (χ0v) is 19.1. The van der Waals surface area contributed by atoms with E-state index in [1.165, 1.54) is 16.7 Å². The number of carbonyl (C=O) groups is 1. The highest BCUT2D eigenvalue weighted by Crippen LogP contribution is 2.31. The van der Waals surface area contributed by atoms with E-state index >= 15 is 0 Å². The molecule has 162 valence electrons. The van der Waals surface area contributed by atoms with Crippen molar-refractivity contribution in [2.24, 2.45) is 0 Å². The van der Waals surface area contributed by atoms with Gasteiger partial charge < -0.3 is 4.90 Å². The van der Waals surface area contributed by atoms with Gasteiger partial charge in [0.15, 0.2) is 5.65 Å². The minimum absolute atomic E-state index is 0.0710. The first kappa shape index (κ1) is 20.4. The number of carbonyl (C=O) groups excluding carboxylic acids is 1. The van der Waals surface area contributed by atoms with Gasteiger partial charge in [0.25, 0.3) is 5.91 Å². The number of aryl methyl sites for hydroxylation is 4. The number of hydrogen-bond acceptors (Lipinski definition) is 3. The van der Waals surface area contributed by atoms with Crippen LogP contribution in [0.3, 0.4) is 0 Å². The number of fused-ring (bicyclic) bond motifs is 1. The Kier molecular flexibility index (Phi) is 5.04. The van der Waals surface area contributed by atoms with Crippen molar-refractivity contribution in [1.82, 2.24) is 19.7 Å². The fraction of sp³-hybridized carbons (Fsp3) is 0.296. The Bertz CT molecular complexity index is 1300. The van der Waals surface area contributed by atoms with Crippen LogP contribution in [0.4, 0.5) is 0 Å². The van der Waals surface area contributed by atoms with Gasteiger partial charge >= 0.3 is 0 Å². The molecule has 5 nitrogen and oxygen atoms in total. The summed E-state index contributed by atoms with van der Waals surface area (Å²) in [6, 6.07) is 18.8. The van der Waals surface area contributed by atoms with Crippen LogP contribution in [0.1, 0.15) is 50.8 Å². The zero-order chi connectivity index (χ0) is 22.4. The van der Waals surface area contributed by atoms with Crippen LogP contribution in [0.2, 0.25) is 0 Å². The van der Waals surface area contributed by atoms with Crippen LogP contribution in [-0.4, -0.2) is 38.7 Å². The van der Waals surface area contributed by atoms with E-state index in [1.807, 2.05) is 41.6 Å². The summed E-state index contributed by atoms with van der Waals surface area (Å²) >= 11 is 0. The van der Waals surface area contributed by atoms with E-state index in [4.69, 9.17) is 10.1 Å². The molecule has 1 aliphatic rings. The Hall–Kier alpha value is -3.47. The van der Waals surface area contributed by atoms with Gasteiger partial charge in [-0.15, -0.1) is 0 Å². The van der Waals surface area contributed by atoms with Crippen molar-refractivity contribution in [2.45, 2.75) is 40.0 Å². The molecule has 1 saturated heterocycles. The third-order valence-electron chi connectivity index (χ3n) is 6.47. The monoisotopic (exact) mass is 424 g/mol. The molecule has 2 aromatic heterocycles. The highest BCUT2D eigenvalue weighted by molar-refractivity contribution is 6.07. The van der Waals surface area contributed by atoms with E-state index in [1.54, 1.807) is 0 Å². The van der Waals surface area contributed by atoms with Crippen LogP contribution in [0, 0.1) is 27.7 Å². The fourth-order valence-corrected chi connectivity index (χ4v) is 4.67. The van der Waals surface area contributed by atoms with Crippen LogP contribution in [0.25, 0.3) is 16.7 Å². The molecule has 4 aromatic rings. The fourth-order valence-electron chi connectivity index (χ4n) is 4.67. The Morgan fingerprint density at radius 3 is 2.28 bits per heavy atom. The Morgan fingerprint density at radius 1 is 0.938 bits per heavy atom. The highest BCUT2D eigenvalue weighted by atomic mass is 16.2. The molecule has 0 saturated carbocycles. The Labute approximate surface area is 188 Å². The van der Waals surface area contributed by atoms with E-state index < -0.39 is 0 Å². The lowest BCUT2D eigenvalue weighted by atomic mass is 9.97.